The molecule has 1 aliphatic heterocycles. The molecule has 1 saturated heterocycles. The van der Waals surface area contributed by atoms with E-state index in [1.807, 2.05) is 15.8 Å². The number of piperidine rings is 1. The van der Waals surface area contributed by atoms with Gasteiger partial charge in [0.05, 0.1) is 24.0 Å². The zero-order chi connectivity index (χ0) is 16.5. The molecule has 3 aliphatic rings. The number of carbonyl (C=O) groups excluding carboxylic acids is 1. The molecule has 1 aromatic heterocycles. The van der Waals surface area contributed by atoms with Crippen LogP contribution in [-0.2, 0) is 4.74 Å². The smallest absolute Gasteiger partial charge is 0.322 e. The molecule has 0 aromatic carbocycles. The van der Waals surface area contributed by atoms with Crippen molar-refractivity contribution in [2.45, 2.75) is 57.6 Å². The first-order chi connectivity index (χ1) is 11.7. The van der Waals surface area contributed by atoms with Crippen LogP contribution in [0, 0.1) is 11.8 Å². The number of hydrogen-bond donors (Lipinski definition) is 1. The molecule has 1 N–H and O–H groups in total. The summed E-state index contributed by atoms with van der Waals surface area (Å²) in [6.45, 7) is 4.57. The fourth-order valence-electron chi connectivity index (χ4n) is 3.44. The number of nitrogens with zero attached hydrogens (tertiary/aromatic N) is 3. The van der Waals surface area contributed by atoms with E-state index >= 15 is 0 Å². The monoisotopic (exact) mass is 332 g/mol. The van der Waals surface area contributed by atoms with Crippen molar-refractivity contribution in [1.29, 1.82) is 0 Å². The number of ether oxygens (including phenoxy) is 1. The molecule has 2 atom stereocenters. The number of rotatable bonds is 6. The van der Waals surface area contributed by atoms with E-state index < -0.39 is 0 Å². The van der Waals surface area contributed by atoms with Crippen molar-refractivity contribution in [3.8, 4) is 0 Å². The van der Waals surface area contributed by atoms with E-state index in [2.05, 4.69) is 17.3 Å². The van der Waals surface area contributed by atoms with Crippen molar-refractivity contribution in [2.24, 2.45) is 11.8 Å². The standard InChI is InChI=1S/C18H28N4O2/c1-13(15-6-7-15)22-10-16(9-19-22)20-18(23)21-8-2-3-17(11-21)24-12-14-4-5-14/h9-10,13-15,17H,2-8,11-12H2,1H3,(H,20,23). The second-order valence-corrected chi connectivity index (χ2v) is 7.70. The van der Waals surface area contributed by atoms with Gasteiger partial charge in [-0.15, -0.1) is 0 Å². The van der Waals surface area contributed by atoms with Crippen LogP contribution in [0.5, 0.6) is 0 Å². The van der Waals surface area contributed by atoms with Gasteiger partial charge in [-0.2, -0.15) is 5.10 Å². The number of hydrogen-bond acceptors (Lipinski definition) is 3. The summed E-state index contributed by atoms with van der Waals surface area (Å²) in [4.78, 5) is 14.4. The third-order valence-corrected chi connectivity index (χ3v) is 5.50. The maximum atomic E-state index is 12.5. The highest BCUT2D eigenvalue weighted by Gasteiger charge is 2.30. The highest BCUT2D eigenvalue weighted by atomic mass is 16.5. The molecule has 3 fully saturated rings. The van der Waals surface area contributed by atoms with Gasteiger partial charge in [0.15, 0.2) is 0 Å². The molecule has 0 radical (unpaired) electrons. The van der Waals surface area contributed by atoms with Crippen LogP contribution in [0.3, 0.4) is 0 Å². The molecule has 6 heteroatoms. The second-order valence-electron chi connectivity index (χ2n) is 7.70. The summed E-state index contributed by atoms with van der Waals surface area (Å²) < 4.78 is 7.95. The second kappa shape index (κ2) is 6.75. The highest BCUT2D eigenvalue weighted by molar-refractivity contribution is 5.89. The maximum Gasteiger partial charge on any atom is 0.322 e. The van der Waals surface area contributed by atoms with E-state index in [-0.39, 0.29) is 12.1 Å². The van der Waals surface area contributed by atoms with Gasteiger partial charge < -0.3 is 15.0 Å². The molecule has 6 nitrogen and oxygen atoms in total. The molecule has 24 heavy (non-hydrogen) atoms. The predicted octanol–water partition coefficient (Wildman–Crippen LogP) is 3.28. The molecule has 2 aliphatic carbocycles. The van der Waals surface area contributed by atoms with Crippen molar-refractivity contribution in [2.75, 3.05) is 25.0 Å². The van der Waals surface area contributed by atoms with E-state index in [0.717, 1.165) is 43.5 Å². The Hall–Kier alpha value is -1.56. The van der Waals surface area contributed by atoms with E-state index in [1.54, 1.807) is 6.20 Å². The number of carbonyl (C=O) groups is 1. The summed E-state index contributed by atoms with van der Waals surface area (Å²) >= 11 is 0. The molecule has 4 rings (SSSR count). The first kappa shape index (κ1) is 15.9. The van der Waals surface area contributed by atoms with Crippen molar-refractivity contribution >= 4 is 11.7 Å². The molecule has 1 aromatic rings. The zero-order valence-electron chi connectivity index (χ0n) is 14.5. The minimum absolute atomic E-state index is 0.0339. The summed E-state index contributed by atoms with van der Waals surface area (Å²) in [5.74, 6) is 1.52. The quantitative estimate of drug-likeness (QED) is 0.870. The van der Waals surface area contributed by atoms with E-state index in [4.69, 9.17) is 4.74 Å². The number of nitrogens with one attached hydrogen (secondary N) is 1. The highest BCUT2D eigenvalue weighted by Crippen LogP contribution is 2.39. The maximum absolute atomic E-state index is 12.5. The number of aromatic nitrogens is 2. The SMILES string of the molecule is CC(C1CC1)n1cc(NC(=O)N2CCCC(OCC3CC3)C2)cn1. The minimum Gasteiger partial charge on any atom is -0.376 e. The lowest BCUT2D eigenvalue weighted by Gasteiger charge is -2.32. The molecule has 2 amide bonds. The van der Waals surface area contributed by atoms with Crippen LogP contribution in [0.25, 0.3) is 0 Å². The van der Waals surface area contributed by atoms with Crippen LogP contribution in [0.4, 0.5) is 10.5 Å². The van der Waals surface area contributed by atoms with Crippen LogP contribution in [0.1, 0.15) is 51.5 Å². The average molecular weight is 332 g/mol. The molecule has 0 bridgehead atoms. The Balaban J connectivity index is 1.28. The Morgan fingerprint density at radius 1 is 1.38 bits per heavy atom. The molecular formula is C18H28N4O2. The van der Waals surface area contributed by atoms with Crippen LogP contribution < -0.4 is 5.32 Å². The molecular weight excluding hydrogens is 304 g/mol. The predicted molar refractivity (Wildman–Crippen MR) is 92.0 cm³/mol. The molecule has 2 unspecified atom stereocenters. The molecule has 132 valence electrons. The van der Waals surface area contributed by atoms with Crippen LogP contribution in [0.2, 0.25) is 0 Å². The third-order valence-electron chi connectivity index (χ3n) is 5.50. The fraction of sp³-hybridized carbons (Fsp3) is 0.778. The Kier molecular flexibility index (Phi) is 4.48. The third kappa shape index (κ3) is 3.91. The van der Waals surface area contributed by atoms with Crippen molar-refractivity contribution in [1.82, 2.24) is 14.7 Å². The van der Waals surface area contributed by atoms with Gasteiger partial charge in [0.25, 0.3) is 0 Å². The average Bonchev–Trinajstić information content (AvgIpc) is 3.51. The van der Waals surface area contributed by atoms with Gasteiger partial charge in [-0.25, -0.2) is 4.79 Å². The van der Waals surface area contributed by atoms with Crippen LogP contribution in [-0.4, -0.2) is 46.5 Å². The van der Waals surface area contributed by atoms with Gasteiger partial charge in [0.1, 0.15) is 0 Å². The van der Waals surface area contributed by atoms with Crippen LogP contribution >= 0.6 is 0 Å². The Morgan fingerprint density at radius 2 is 2.21 bits per heavy atom. The molecule has 2 heterocycles. The normalized spacial score (nSPS) is 25.5. The minimum atomic E-state index is -0.0339. The van der Waals surface area contributed by atoms with Crippen molar-refractivity contribution in [3.05, 3.63) is 12.4 Å². The molecule has 2 saturated carbocycles. The van der Waals surface area contributed by atoms with Gasteiger partial charge >= 0.3 is 6.03 Å². The Morgan fingerprint density at radius 3 is 2.96 bits per heavy atom. The topological polar surface area (TPSA) is 59.4 Å². The summed E-state index contributed by atoms with van der Waals surface area (Å²) in [6.07, 6.45) is 11.2. The lowest BCUT2D eigenvalue weighted by molar-refractivity contribution is 0.00597. The van der Waals surface area contributed by atoms with Crippen molar-refractivity contribution < 1.29 is 9.53 Å². The van der Waals surface area contributed by atoms with Gasteiger partial charge in [0, 0.05) is 25.9 Å². The number of urea groups is 1. The number of anilines is 1. The summed E-state index contributed by atoms with van der Waals surface area (Å²) in [5, 5.41) is 7.40. The Labute approximate surface area is 143 Å². The Bertz CT molecular complexity index is 579. The summed E-state index contributed by atoms with van der Waals surface area (Å²) in [7, 11) is 0. The van der Waals surface area contributed by atoms with E-state index in [1.165, 1.54) is 25.7 Å². The van der Waals surface area contributed by atoms with Crippen molar-refractivity contribution in [3.63, 3.8) is 0 Å². The zero-order valence-corrected chi connectivity index (χ0v) is 14.5. The number of likely N-dealkylation sites (tertiary alicyclic amines) is 1. The summed E-state index contributed by atoms with van der Waals surface area (Å²) in [5.41, 5.74) is 0.786. The summed E-state index contributed by atoms with van der Waals surface area (Å²) in [6, 6.07) is 0.388. The molecule has 0 spiro atoms. The van der Waals surface area contributed by atoms with E-state index in [9.17, 15) is 4.79 Å². The number of amides is 2. The first-order valence-corrected chi connectivity index (χ1v) is 9.40. The van der Waals surface area contributed by atoms with Crippen LogP contribution in [0.15, 0.2) is 12.4 Å². The van der Waals surface area contributed by atoms with Gasteiger partial charge in [0.2, 0.25) is 0 Å². The lowest BCUT2D eigenvalue weighted by Crippen LogP contribution is -2.45. The lowest BCUT2D eigenvalue weighted by atomic mass is 10.1. The van der Waals surface area contributed by atoms with E-state index in [0.29, 0.717) is 12.6 Å². The first-order valence-electron chi connectivity index (χ1n) is 9.40. The fourth-order valence-corrected chi connectivity index (χ4v) is 3.44. The van der Waals surface area contributed by atoms with Gasteiger partial charge in [-0.3, -0.25) is 4.68 Å². The largest absolute Gasteiger partial charge is 0.376 e. The van der Waals surface area contributed by atoms with Gasteiger partial charge in [-0.05, 0) is 57.3 Å². The van der Waals surface area contributed by atoms with Gasteiger partial charge in [-0.1, -0.05) is 0 Å².